The molecule has 0 atom stereocenters. The largest absolute Gasteiger partial charge is 0.493 e. The molecule has 6 nitrogen and oxygen atoms in total. The summed E-state index contributed by atoms with van der Waals surface area (Å²) >= 11 is 0. The van der Waals surface area contributed by atoms with Crippen LogP contribution in [0.1, 0.15) is 42.6 Å². The molecule has 1 fully saturated rings. The minimum Gasteiger partial charge on any atom is -0.493 e. The van der Waals surface area contributed by atoms with E-state index in [0.717, 1.165) is 43.4 Å². The Balaban J connectivity index is 1.61. The molecule has 0 radical (unpaired) electrons. The molecule has 2 heterocycles. The first kappa shape index (κ1) is 22.5. The lowest BCUT2D eigenvalue weighted by Crippen LogP contribution is -2.12. The van der Waals surface area contributed by atoms with Gasteiger partial charge in [0.25, 0.3) is 0 Å². The molecule has 35 heavy (non-hydrogen) atoms. The number of nitriles is 1. The highest BCUT2D eigenvalue weighted by Crippen LogP contribution is 2.36. The van der Waals surface area contributed by atoms with Gasteiger partial charge in [-0.05, 0) is 56.0 Å². The van der Waals surface area contributed by atoms with Crippen LogP contribution in [0.25, 0.3) is 29.0 Å². The van der Waals surface area contributed by atoms with Crippen LogP contribution < -0.4 is 9.47 Å². The second-order valence-corrected chi connectivity index (χ2v) is 8.31. The van der Waals surface area contributed by atoms with Gasteiger partial charge in [0.15, 0.2) is 23.1 Å². The fourth-order valence-electron chi connectivity index (χ4n) is 4.32. The molecule has 2 aromatic carbocycles. The molecule has 0 unspecified atom stereocenters. The van der Waals surface area contributed by atoms with Crippen LogP contribution in [0.3, 0.4) is 0 Å². The van der Waals surface area contributed by atoms with Gasteiger partial charge in [0.2, 0.25) is 0 Å². The molecule has 1 aliphatic rings. The van der Waals surface area contributed by atoms with E-state index in [9.17, 15) is 8.78 Å². The van der Waals surface area contributed by atoms with Gasteiger partial charge >= 0.3 is 0 Å². The molecule has 176 valence electrons. The number of hydrogen-bond donors (Lipinski definition) is 0. The van der Waals surface area contributed by atoms with Crippen molar-refractivity contribution >= 4 is 23.2 Å². The lowest BCUT2D eigenvalue weighted by atomic mass is 10.1. The second kappa shape index (κ2) is 9.55. The minimum atomic E-state index is -0.983. The van der Waals surface area contributed by atoms with Crippen LogP contribution in [0.4, 0.5) is 8.78 Å². The maximum Gasteiger partial charge on any atom is 0.168 e. The van der Waals surface area contributed by atoms with E-state index < -0.39 is 11.6 Å². The van der Waals surface area contributed by atoms with Crippen LogP contribution in [0.5, 0.6) is 11.5 Å². The Kier molecular flexibility index (Phi) is 6.15. The summed E-state index contributed by atoms with van der Waals surface area (Å²) in [5.41, 5.74) is 1.81. The summed E-state index contributed by atoms with van der Waals surface area (Å²) in [7, 11) is 1.60. The number of rotatable bonds is 6. The Morgan fingerprint density at radius 3 is 2.60 bits per heavy atom. The van der Waals surface area contributed by atoms with E-state index in [2.05, 4.69) is 9.97 Å². The number of nitrogens with zero attached hydrogens (tertiary/aromatic N) is 4. The zero-order valence-corrected chi connectivity index (χ0v) is 19.0. The minimum absolute atomic E-state index is 0.136. The smallest absolute Gasteiger partial charge is 0.168 e. The number of methoxy groups -OCH3 is 1. The molecule has 1 aliphatic carbocycles. The molecule has 5 rings (SSSR count). The first-order valence-electron chi connectivity index (χ1n) is 11.3. The number of hydrogen-bond acceptors (Lipinski definition) is 5. The van der Waals surface area contributed by atoms with E-state index in [0.29, 0.717) is 34.2 Å². The molecule has 1 saturated carbocycles. The van der Waals surface area contributed by atoms with Crippen molar-refractivity contribution in [2.24, 2.45) is 0 Å². The number of para-hydroxylation sites is 1. The lowest BCUT2D eigenvalue weighted by molar-refractivity contribution is 0.200. The van der Waals surface area contributed by atoms with Gasteiger partial charge in [-0.3, -0.25) is 4.57 Å². The lowest BCUT2D eigenvalue weighted by Gasteiger charge is -2.18. The number of imidazole rings is 1. The van der Waals surface area contributed by atoms with Gasteiger partial charge < -0.3 is 9.47 Å². The van der Waals surface area contributed by atoms with Crippen LogP contribution in [0.15, 0.2) is 48.7 Å². The SMILES string of the molecule is COc1cccc(C=Cc2nc3cc(F)c(F)cc3n2-c2ccc(C#N)cn2)c1OC1CCCC1. The summed E-state index contributed by atoms with van der Waals surface area (Å²) in [6.45, 7) is 0. The van der Waals surface area contributed by atoms with Crippen LogP contribution >= 0.6 is 0 Å². The third-order valence-corrected chi connectivity index (χ3v) is 6.06. The molecule has 8 heteroatoms. The Morgan fingerprint density at radius 2 is 1.89 bits per heavy atom. The van der Waals surface area contributed by atoms with Crippen LogP contribution in [-0.4, -0.2) is 27.7 Å². The molecular formula is C27H22F2N4O2. The Morgan fingerprint density at radius 1 is 1.09 bits per heavy atom. The van der Waals surface area contributed by atoms with Crippen molar-refractivity contribution in [1.29, 1.82) is 5.26 Å². The zero-order valence-electron chi connectivity index (χ0n) is 19.0. The number of pyridine rings is 1. The quantitative estimate of drug-likeness (QED) is 0.341. The summed E-state index contributed by atoms with van der Waals surface area (Å²) in [5.74, 6) is 0.148. The molecule has 0 amide bonds. The van der Waals surface area contributed by atoms with Crippen molar-refractivity contribution < 1.29 is 18.3 Å². The monoisotopic (exact) mass is 472 g/mol. The third-order valence-electron chi connectivity index (χ3n) is 6.06. The topological polar surface area (TPSA) is 73.0 Å². The molecule has 0 aliphatic heterocycles. The van der Waals surface area contributed by atoms with Crippen molar-refractivity contribution in [3.8, 4) is 23.4 Å². The molecule has 2 aromatic heterocycles. The standard InChI is InChI=1S/C27H22F2N4O2/c1-34-24-8-4-5-18(27(24)35-19-6-2-3-7-19)10-12-26-32-22-13-20(28)21(29)14-23(22)33(26)25-11-9-17(15-30)16-31-25/h4-5,8-14,16,19H,2-3,6-7H2,1H3. The predicted molar refractivity (Wildman–Crippen MR) is 128 cm³/mol. The predicted octanol–water partition coefficient (Wildman–Crippen LogP) is 6.07. The summed E-state index contributed by atoms with van der Waals surface area (Å²) < 4.78 is 41.5. The molecule has 0 bridgehead atoms. The van der Waals surface area contributed by atoms with Crippen LogP contribution in [0.2, 0.25) is 0 Å². The third kappa shape index (κ3) is 4.45. The van der Waals surface area contributed by atoms with Crippen LogP contribution in [-0.2, 0) is 0 Å². The van der Waals surface area contributed by atoms with Gasteiger partial charge in [-0.15, -0.1) is 0 Å². The summed E-state index contributed by atoms with van der Waals surface area (Å²) in [6.07, 6.45) is 9.41. The molecule has 0 N–H and O–H groups in total. The van der Waals surface area contributed by atoms with Gasteiger partial charge in [-0.2, -0.15) is 5.26 Å². The number of aromatic nitrogens is 3. The average Bonchev–Trinajstić information content (AvgIpc) is 3.51. The van der Waals surface area contributed by atoms with Crippen molar-refractivity contribution in [2.45, 2.75) is 31.8 Å². The number of benzene rings is 2. The maximum absolute atomic E-state index is 14.1. The zero-order chi connectivity index (χ0) is 24.4. The highest BCUT2D eigenvalue weighted by molar-refractivity contribution is 5.82. The highest BCUT2D eigenvalue weighted by Gasteiger charge is 2.20. The fourth-order valence-corrected chi connectivity index (χ4v) is 4.32. The van der Waals surface area contributed by atoms with E-state index in [4.69, 9.17) is 14.7 Å². The van der Waals surface area contributed by atoms with E-state index in [-0.39, 0.29) is 11.6 Å². The van der Waals surface area contributed by atoms with E-state index in [1.165, 1.54) is 6.20 Å². The van der Waals surface area contributed by atoms with Crippen LogP contribution in [0, 0.1) is 23.0 Å². The Labute approximate surface area is 201 Å². The van der Waals surface area contributed by atoms with E-state index >= 15 is 0 Å². The second-order valence-electron chi connectivity index (χ2n) is 8.31. The first-order chi connectivity index (χ1) is 17.1. The Bertz CT molecular complexity index is 1450. The summed E-state index contributed by atoms with van der Waals surface area (Å²) in [6, 6.07) is 13.1. The normalized spacial score (nSPS) is 14.0. The van der Waals surface area contributed by atoms with Gasteiger partial charge in [0.1, 0.15) is 17.7 Å². The van der Waals surface area contributed by atoms with Crippen molar-refractivity contribution in [3.05, 3.63) is 77.2 Å². The van der Waals surface area contributed by atoms with Crippen molar-refractivity contribution in [2.75, 3.05) is 7.11 Å². The van der Waals surface area contributed by atoms with Gasteiger partial charge in [0, 0.05) is 23.9 Å². The van der Waals surface area contributed by atoms with E-state index in [1.807, 2.05) is 30.3 Å². The molecule has 0 spiro atoms. The summed E-state index contributed by atoms with van der Waals surface area (Å²) in [4.78, 5) is 8.85. The van der Waals surface area contributed by atoms with Crippen molar-refractivity contribution in [1.82, 2.24) is 14.5 Å². The molecule has 4 aromatic rings. The number of halogens is 2. The van der Waals surface area contributed by atoms with Gasteiger partial charge in [-0.25, -0.2) is 18.7 Å². The first-order valence-corrected chi connectivity index (χ1v) is 11.3. The highest BCUT2D eigenvalue weighted by atomic mass is 19.2. The van der Waals surface area contributed by atoms with Gasteiger partial charge in [0.05, 0.1) is 29.8 Å². The fraction of sp³-hybridized carbons (Fsp3) is 0.222. The number of fused-ring (bicyclic) bond motifs is 1. The number of ether oxygens (including phenoxy) is 2. The Hall–Kier alpha value is -4.25. The average molecular weight is 472 g/mol. The molecular weight excluding hydrogens is 450 g/mol. The maximum atomic E-state index is 14.1. The van der Waals surface area contributed by atoms with E-state index in [1.54, 1.807) is 29.9 Å². The van der Waals surface area contributed by atoms with Crippen molar-refractivity contribution in [3.63, 3.8) is 0 Å². The van der Waals surface area contributed by atoms with Gasteiger partial charge in [-0.1, -0.05) is 12.1 Å². The molecule has 0 saturated heterocycles. The summed E-state index contributed by atoms with van der Waals surface area (Å²) in [5, 5.41) is 9.10.